The number of nitrogens with zero attached hydrogens (tertiary/aromatic N) is 1. The topological polar surface area (TPSA) is 70.6 Å². The summed E-state index contributed by atoms with van der Waals surface area (Å²) in [4.78, 5) is 4.35. The quantitative estimate of drug-likeness (QED) is 0.230. The Morgan fingerprint density at radius 2 is 1.71 bits per heavy atom. The van der Waals surface area contributed by atoms with Crippen molar-refractivity contribution < 1.29 is 12.8 Å². The normalized spacial score (nSPS) is 11.6. The van der Waals surface area contributed by atoms with E-state index in [4.69, 9.17) is 0 Å². The minimum atomic E-state index is -3.16. The van der Waals surface area contributed by atoms with Gasteiger partial charge in [0.25, 0.3) is 0 Å². The average molecular weight is 519 g/mol. The monoisotopic (exact) mass is 519 g/mol. The lowest BCUT2D eigenvalue weighted by Gasteiger charge is -2.11. The minimum Gasteiger partial charge on any atom is -0.357 e. The molecule has 0 radical (unpaired) electrons. The molecule has 0 aliphatic heterocycles. The zero-order chi connectivity index (χ0) is 19.5. The number of rotatable bonds is 9. The van der Waals surface area contributed by atoms with Crippen LogP contribution in [0.1, 0.15) is 24.5 Å². The van der Waals surface area contributed by atoms with Crippen molar-refractivity contribution in [2.24, 2.45) is 4.99 Å². The van der Waals surface area contributed by atoms with Crippen molar-refractivity contribution in [2.45, 2.75) is 25.6 Å². The molecule has 0 saturated carbocycles. The molecule has 0 amide bonds. The molecule has 0 atom stereocenters. The second-order valence-corrected chi connectivity index (χ2v) is 8.33. The van der Waals surface area contributed by atoms with Crippen molar-refractivity contribution in [3.8, 4) is 0 Å². The van der Waals surface area contributed by atoms with E-state index >= 15 is 0 Å². The molecule has 2 N–H and O–H groups in total. The van der Waals surface area contributed by atoms with E-state index in [2.05, 4.69) is 15.6 Å². The first kappa shape index (κ1) is 24.4. The van der Waals surface area contributed by atoms with Crippen LogP contribution in [0.15, 0.2) is 59.6 Å². The molecule has 0 aliphatic carbocycles. The highest BCUT2D eigenvalue weighted by molar-refractivity contribution is 14.0. The van der Waals surface area contributed by atoms with E-state index in [0.29, 0.717) is 31.0 Å². The average Bonchev–Trinajstić information content (AvgIpc) is 2.64. The highest BCUT2D eigenvalue weighted by atomic mass is 127. The molecule has 154 valence electrons. The maximum atomic E-state index is 13.7. The SMILES string of the molecule is CCNC(=NCc1ccccc1F)NCCCS(=O)(=O)Cc1ccccc1.I. The van der Waals surface area contributed by atoms with Crippen LogP contribution in [0.5, 0.6) is 0 Å². The van der Waals surface area contributed by atoms with E-state index in [9.17, 15) is 12.8 Å². The predicted molar refractivity (Wildman–Crippen MR) is 123 cm³/mol. The second-order valence-electron chi connectivity index (χ2n) is 6.14. The Bertz CT molecular complexity index is 846. The third-order valence-electron chi connectivity index (χ3n) is 3.86. The first-order valence-electron chi connectivity index (χ1n) is 9.00. The smallest absolute Gasteiger partial charge is 0.191 e. The summed E-state index contributed by atoms with van der Waals surface area (Å²) in [5.74, 6) is 0.405. The Kier molecular flexibility index (Phi) is 11.1. The van der Waals surface area contributed by atoms with Gasteiger partial charge >= 0.3 is 0 Å². The van der Waals surface area contributed by atoms with Gasteiger partial charge in [0.1, 0.15) is 5.82 Å². The number of nitrogens with one attached hydrogen (secondary N) is 2. The molecule has 0 saturated heterocycles. The van der Waals surface area contributed by atoms with E-state index in [0.717, 1.165) is 5.56 Å². The zero-order valence-electron chi connectivity index (χ0n) is 15.9. The number of halogens is 2. The lowest BCUT2D eigenvalue weighted by atomic mass is 10.2. The van der Waals surface area contributed by atoms with Gasteiger partial charge in [0.15, 0.2) is 15.8 Å². The first-order valence-corrected chi connectivity index (χ1v) is 10.8. The molecule has 0 fully saturated rings. The summed E-state index contributed by atoms with van der Waals surface area (Å²) in [6.07, 6.45) is 0.472. The molecule has 28 heavy (non-hydrogen) atoms. The number of aliphatic imine (C=N–C) groups is 1. The van der Waals surface area contributed by atoms with E-state index in [-0.39, 0.29) is 47.8 Å². The van der Waals surface area contributed by atoms with Crippen molar-refractivity contribution in [2.75, 3.05) is 18.8 Å². The molecule has 0 aromatic heterocycles. The van der Waals surface area contributed by atoms with Crippen molar-refractivity contribution in [1.82, 2.24) is 10.6 Å². The van der Waals surface area contributed by atoms with Crippen molar-refractivity contribution in [3.63, 3.8) is 0 Å². The number of hydrogen-bond donors (Lipinski definition) is 2. The maximum absolute atomic E-state index is 13.7. The third kappa shape index (κ3) is 9.01. The summed E-state index contributed by atoms with van der Waals surface area (Å²) in [6.45, 7) is 3.28. The van der Waals surface area contributed by atoms with Gasteiger partial charge in [0.2, 0.25) is 0 Å². The lowest BCUT2D eigenvalue weighted by molar-refractivity contribution is 0.591. The Balaban J connectivity index is 0.00000392. The largest absolute Gasteiger partial charge is 0.357 e. The number of sulfone groups is 1. The van der Waals surface area contributed by atoms with Crippen LogP contribution < -0.4 is 10.6 Å². The summed E-state index contributed by atoms with van der Waals surface area (Å²) in [5.41, 5.74) is 1.31. The lowest BCUT2D eigenvalue weighted by Crippen LogP contribution is -2.38. The molecule has 0 spiro atoms. The van der Waals surface area contributed by atoms with Gasteiger partial charge in [-0.15, -0.1) is 24.0 Å². The molecule has 2 rings (SSSR count). The van der Waals surface area contributed by atoms with Gasteiger partial charge in [-0.05, 0) is 25.0 Å². The van der Waals surface area contributed by atoms with Crippen molar-refractivity contribution in [3.05, 3.63) is 71.5 Å². The highest BCUT2D eigenvalue weighted by Crippen LogP contribution is 2.08. The summed E-state index contributed by atoms with van der Waals surface area (Å²) < 4.78 is 38.1. The standard InChI is InChI=1S/C20H26FN3O2S.HI/c1-2-22-20(24-15-18-11-6-7-12-19(18)21)23-13-8-14-27(25,26)16-17-9-4-3-5-10-17;/h3-7,9-12H,2,8,13-16H2,1H3,(H2,22,23,24);1H. The Morgan fingerprint density at radius 3 is 2.39 bits per heavy atom. The molecule has 0 aliphatic rings. The summed E-state index contributed by atoms with van der Waals surface area (Å²) in [7, 11) is -3.16. The van der Waals surface area contributed by atoms with Crippen LogP contribution in [0.4, 0.5) is 4.39 Å². The number of guanidine groups is 1. The number of benzene rings is 2. The molecule has 8 heteroatoms. The van der Waals surface area contributed by atoms with Gasteiger partial charge in [0.05, 0.1) is 18.1 Å². The van der Waals surface area contributed by atoms with E-state index in [1.165, 1.54) is 6.07 Å². The summed E-state index contributed by atoms with van der Waals surface area (Å²) in [5, 5.41) is 6.18. The second kappa shape index (κ2) is 12.7. The van der Waals surface area contributed by atoms with Gasteiger partial charge < -0.3 is 10.6 Å². The molecule has 0 unspecified atom stereocenters. The minimum absolute atomic E-state index is 0. The maximum Gasteiger partial charge on any atom is 0.191 e. The third-order valence-corrected chi connectivity index (χ3v) is 5.55. The van der Waals surface area contributed by atoms with E-state index in [1.54, 1.807) is 18.2 Å². The van der Waals surface area contributed by atoms with Crippen LogP contribution >= 0.6 is 24.0 Å². The van der Waals surface area contributed by atoms with Crippen LogP contribution in [0, 0.1) is 5.82 Å². The molecule has 0 bridgehead atoms. The fourth-order valence-electron chi connectivity index (χ4n) is 2.53. The van der Waals surface area contributed by atoms with Gasteiger partial charge in [-0.3, -0.25) is 0 Å². The zero-order valence-corrected chi connectivity index (χ0v) is 19.0. The highest BCUT2D eigenvalue weighted by Gasteiger charge is 2.11. The van der Waals surface area contributed by atoms with Crippen LogP contribution in [-0.4, -0.2) is 33.2 Å². The molecule has 2 aromatic carbocycles. The first-order chi connectivity index (χ1) is 13.0. The van der Waals surface area contributed by atoms with E-state index in [1.807, 2.05) is 37.3 Å². The Morgan fingerprint density at radius 1 is 1.04 bits per heavy atom. The van der Waals surface area contributed by atoms with Gasteiger partial charge in [-0.1, -0.05) is 48.5 Å². The fraction of sp³-hybridized carbons (Fsp3) is 0.350. The Labute approximate surface area is 183 Å². The molecular weight excluding hydrogens is 492 g/mol. The van der Waals surface area contributed by atoms with Crippen LogP contribution in [0.2, 0.25) is 0 Å². The number of hydrogen-bond acceptors (Lipinski definition) is 3. The molecule has 2 aromatic rings. The molecule has 5 nitrogen and oxygen atoms in total. The predicted octanol–water partition coefficient (Wildman–Crippen LogP) is 3.50. The van der Waals surface area contributed by atoms with Gasteiger partial charge in [-0.25, -0.2) is 17.8 Å². The van der Waals surface area contributed by atoms with Crippen LogP contribution in [-0.2, 0) is 22.1 Å². The van der Waals surface area contributed by atoms with Crippen LogP contribution in [0.3, 0.4) is 0 Å². The molecule has 0 heterocycles. The Hall–Kier alpha value is -1.68. The van der Waals surface area contributed by atoms with Gasteiger partial charge in [-0.2, -0.15) is 0 Å². The fourth-order valence-corrected chi connectivity index (χ4v) is 3.96. The summed E-state index contributed by atoms with van der Waals surface area (Å²) >= 11 is 0. The van der Waals surface area contributed by atoms with Crippen LogP contribution in [0.25, 0.3) is 0 Å². The van der Waals surface area contributed by atoms with Crippen molar-refractivity contribution >= 4 is 39.8 Å². The summed E-state index contributed by atoms with van der Waals surface area (Å²) in [6, 6.07) is 15.7. The van der Waals surface area contributed by atoms with E-state index < -0.39 is 9.84 Å². The molecular formula is C20H27FIN3O2S. The van der Waals surface area contributed by atoms with Crippen molar-refractivity contribution in [1.29, 1.82) is 0 Å². The van der Waals surface area contributed by atoms with Gasteiger partial charge in [0, 0.05) is 18.7 Å².